The normalized spacial score (nSPS) is 18.4. The number of carbonyl (C=O) groups is 5. The lowest BCUT2D eigenvalue weighted by atomic mass is 10.0. The molecular weight excluding hydrogens is 740 g/mol. The van der Waals surface area contributed by atoms with Gasteiger partial charge < -0.3 is 15.4 Å². The van der Waals surface area contributed by atoms with Gasteiger partial charge >= 0.3 is 0 Å². The molecule has 14 nitrogen and oxygen atoms in total. The number of para-hydroxylation sites is 1. The molecule has 3 N–H and O–H groups in total. The maximum atomic E-state index is 14.6. The van der Waals surface area contributed by atoms with Gasteiger partial charge in [0.05, 0.1) is 22.6 Å². The van der Waals surface area contributed by atoms with Gasteiger partial charge in [0.2, 0.25) is 17.7 Å². The standard InChI is InChI=1S/C40H37FN8O6S/c41-24-19-28-33(40(54)48(39(28)53)29-15-16-31(50)45-38(29)52)30(20-24)56-18-5-4-10-32(51)47-17-6-7-25(21-47)49-37-34(36(42)43-22-44-37)35(46-49)23-11-13-27(14-12-23)55-26-8-2-1-3-9-26/h1-3,8-9,11-14,19-20,22,25,29H,4-7,10,15-18,21H2,(H2,42,43,44)(H,45,50,52). The quantitative estimate of drug-likeness (QED) is 0.0977. The Labute approximate surface area is 324 Å². The predicted octanol–water partition coefficient (Wildman–Crippen LogP) is 5.53. The highest BCUT2D eigenvalue weighted by Crippen LogP contribution is 2.37. The van der Waals surface area contributed by atoms with Gasteiger partial charge in [0, 0.05) is 36.4 Å². The van der Waals surface area contributed by atoms with Crippen molar-refractivity contribution in [3.05, 3.63) is 90.0 Å². The van der Waals surface area contributed by atoms with Gasteiger partial charge in [0.15, 0.2) is 5.65 Å². The summed E-state index contributed by atoms with van der Waals surface area (Å²) in [7, 11) is 0. The first-order valence-electron chi connectivity index (χ1n) is 18.4. The number of nitrogen functional groups attached to an aromatic ring is 1. The number of halogens is 1. The van der Waals surface area contributed by atoms with Gasteiger partial charge in [-0.05, 0) is 86.4 Å². The van der Waals surface area contributed by atoms with E-state index < -0.39 is 35.5 Å². The summed E-state index contributed by atoms with van der Waals surface area (Å²) in [6.45, 7) is 1.07. The van der Waals surface area contributed by atoms with Crippen LogP contribution in [0.25, 0.3) is 22.3 Å². The fraction of sp³-hybridized carbons (Fsp3) is 0.300. The molecule has 5 amide bonds. The number of ether oxygens (including phenoxy) is 1. The Hall–Kier alpha value is -6.16. The second-order valence-corrected chi connectivity index (χ2v) is 15.0. The molecule has 8 rings (SSSR count). The van der Waals surface area contributed by atoms with Gasteiger partial charge in [0.1, 0.15) is 41.2 Å². The maximum Gasteiger partial charge on any atom is 0.263 e. The van der Waals surface area contributed by atoms with Crippen LogP contribution in [0.5, 0.6) is 11.5 Å². The number of thioether (sulfide) groups is 1. The highest BCUT2D eigenvalue weighted by Gasteiger charge is 2.46. The first-order chi connectivity index (χ1) is 27.2. The van der Waals surface area contributed by atoms with Crippen molar-refractivity contribution in [1.29, 1.82) is 0 Å². The second kappa shape index (κ2) is 15.5. The van der Waals surface area contributed by atoms with E-state index in [1.165, 1.54) is 24.2 Å². The van der Waals surface area contributed by atoms with Crippen molar-refractivity contribution in [2.45, 2.75) is 61.9 Å². The van der Waals surface area contributed by atoms with Gasteiger partial charge in [-0.1, -0.05) is 18.2 Å². The molecule has 5 aromatic rings. The molecule has 2 unspecified atom stereocenters. The molecule has 0 spiro atoms. The van der Waals surface area contributed by atoms with Crippen LogP contribution in [0, 0.1) is 5.82 Å². The van der Waals surface area contributed by atoms with Crippen LogP contribution in [0.4, 0.5) is 10.2 Å². The number of likely N-dealkylation sites (tertiary alicyclic amines) is 1. The maximum absolute atomic E-state index is 14.6. The van der Waals surface area contributed by atoms with Crippen molar-refractivity contribution in [3.8, 4) is 22.8 Å². The Balaban J connectivity index is 0.891. The van der Waals surface area contributed by atoms with Gasteiger partial charge in [0.25, 0.3) is 11.8 Å². The van der Waals surface area contributed by atoms with Crippen LogP contribution in [-0.4, -0.2) is 84.0 Å². The number of rotatable bonds is 11. The molecular formula is C40H37FN8O6S. The fourth-order valence-electron chi connectivity index (χ4n) is 7.50. The molecule has 2 atom stereocenters. The van der Waals surface area contributed by atoms with E-state index in [9.17, 15) is 28.4 Å². The average Bonchev–Trinajstić information content (AvgIpc) is 3.71. The van der Waals surface area contributed by atoms with Crippen molar-refractivity contribution in [1.82, 2.24) is 34.9 Å². The summed E-state index contributed by atoms with van der Waals surface area (Å²) >= 11 is 1.22. The van der Waals surface area contributed by atoms with Crippen LogP contribution in [0.2, 0.25) is 0 Å². The number of hydrogen-bond donors (Lipinski definition) is 2. The van der Waals surface area contributed by atoms with Crippen molar-refractivity contribution in [2.24, 2.45) is 0 Å². The van der Waals surface area contributed by atoms with Crippen LogP contribution < -0.4 is 15.8 Å². The number of unbranched alkanes of at least 4 members (excludes halogenated alkanes) is 1. The SMILES string of the molecule is Nc1ncnc2c1c(-c1ccc(Oc3ccccc3)cc1)nn2C1CCCN(C(=O)CCCCSc2cc(F)cc3c2C(=O)N(C2CCC(=O)NC2=O)C3=O)C1. The van der Waals surface area contributed by atoms with E-state index in [4.69, 9.17) is 15.6 Å². The van der Waals surface area contributed by atoms with Crippen LogP contribution in [0.3, 0.4) is 0 Å². The van der Waals surface area contributed by atoms with E-state index in [0.717, 1.165) is 35.1 Å². The molecule has 56 heavy (non-hydrogen) atoms. The number of fused-ring (bicyclic) bond motifs is 2. The molecule has 286 valence electrons. The topological polar surface area (TPSA) is 183 Å². The Morgan fingerprint density at radius 2 is 1.75 bits per heavy atom. The number of nitrogens with one attached hydrogen (secondary N) is 1. The number of carbonyl (C=O) groups excluding carboxylic acids is 5. The molecule has 0 saturated carbocycles. The second-order valence-electron chi connectivity index (χ2n) is 13.9. The van der Waals surface area contributed by atoms with E-state index in [1.54, 1.807) is 0 Å². The number of benzene rings is 3. The zero-order chi connectivity index (χ0) is 38.9. The minimum absolute atomic E-state index is 0.00633. The number of nitrogens with two attached hydrogens (primary N) is 1. The van der Waals surface area contributed by atoms with Gasteiger partial charge in [-0.25, -0.2) is 19.0 Å². The van der Waals surface area contributed by atoms with Gasteiger partial charge in [-0.3, -0.25) is 34.2 Å². The third-order valence-electron chi connectivity index (χ3n) is 10.2. The zero-order valence-electron chi connectivity index (χ0n) is 30.2. The fourth-order valence-corrected chi connectivity index (χ4v) is 8.60. The minimum Gasteiger partial charge on any atom is -0.457 e. The van der Waals surface area contributed by atoms with Gasteiger partial charge in [-0.15, -0.1) is 11.8 Å². The minimum atomic E-state index is -1.14. The highest BCUT2D eigenvalue weighted by molar-refractivity contribution is 7.99. The molecule has 16 heteroatoms. The summed E-state index contributed by atoms with van der Waals surface area (Å²) in [6, 6.07) is 18.0. The summed E-state index contributed by atoms with van der Waals surface area (Å²) < 4.78 is 22.5. The molecule has 0 aliphatic carbocycles. The van der Waals surface area contributed by atoms with E-state index >= 15 is 0 Å². The van der Waals surface area contributed by atoms with E-state index in [2.05, 4.69) is 15.3 Å². The zero-order valence-corrected chi connectivity index (χ0v) is 31.0. The van der Waals surface area contributed by atoms with Crippen molar-refractivity contribution in [2.75, 3.05) is 24.6 Å². The largest absolute Gasteiger partial charge is 0.457 e. The Morgan fingerprint density at radius 3 is 2.54 bits per heavy atom. The van der Waals surface area contributed by atoms with Crippen molar-refractivity contribution >= 4 is 58.1 Å². The lowest BCUT2D eigenvalue weighted by molar-refractivity contribution is -0.136. The molecule has 2 fully saturated rings. The van der Waals surface area contributed by atoms with Crippen LogP contribution in [0.1, 0.15) is 71.7 Å². The number of piperidine rings is 2. The molecule has 5 heterocycles. The highest BCUT2D eigenvalue weighted by atomic mass is 32.2. The summed E-state index contributed by atoms with van der Waals surface area (Å²) in [5, 5.41) is 7.80. The summed E-state index contributed by atoms with van der Waals surface area (Å²) in [5.74, 6) is -1.13. The average molecular weight is 777 g/mol. The molecule has 3 aromatic carbocycles. The Morgan fingerprint density at radius 1 is 0.964 bits per heavy atom. The Bertz CT molecular complexity index is 2370. The number of aromatic nitrogens is 4. The lowest BCUT2D eigenvalue weighted by Crippen LogP contribution is -2.54. The van der Waals surface area contributed by atoms with Crippen molar-refractivity contribution < 1.29 is 33.1 Å². The van der Waals surface area contributed by atoms with E-state index in [-0.39, 0.29) is 35.9 Å². The first-order valence-corrected chi connectivity index (χ1v) is 19.4. The molecule has 3 aliphatic rings. The predicted molar refractivity (Wildman–Crippen MR) is 204 cm³/mol. The van der Waals surface area contributed by atoms with E-state index in [1.807, 2.05) is 64.2 Å². The Kier molecular flexibility index (Phi) is 10.2. The molecule has 2 saturated heterocycles. The van der Waals surface area contributed by atoms with Crippen LogP contribution in [-0.2, 0) is 14.4 Å². The summed E-state index contributed by atoms with van der Waals surface area (Å²) in [6.07, 6.45) is 4.44. The van der Waals surface area contributed by atoms with Crippen molar-refractivity contribution in [3.63, 3.8) is 0 Å². The number of nitrogens with zero attached hydrogens (tertiary/aromatic N) is 6. The number of imide groups is 2. The molecule has 2 aromatic heterocycles. The number of hydrogen-bond acceptors (Lipinski definition) is 11. The molecule has 3 aliphatic heterocycles. The number of amides is 5. The summed E-state index contributed by atoms with van der Waals surface area (Å²) in [5.41, 5.74) is 8.39. The molecule has 0 bridgehead atoms. The van der Waals surface area contributed by atoms with Crippen LogP contribution in [0.15, 0.2) is 78.0 Å². The lowest BCUT2D eigenvalue weighted by Gasteiger charge is -2.33. The van der Waals surface area contributed by atoms with Crippen LogP contribution >= 0.6 is 11.8 Å². The first kappa shape index (κ1) is 36.8. The monoisotopic (exact) mass is 776 g/mol. The third kappa shape index (κ3) is 7.19. The smallest absolute Gasteiger partial charge is 0.263 e. The summed E-state index contributed by atoms with van der Waals surface area (Å²) in [4.78, 5) is 75.9. The molecule has 0 radical (unpaired) electrons. The third-order valence-corrected chi connectivity index (χ3v) is 11.4. The van der Waals surface area contributed by atoms with Gasteiger partial charge in [-0.2, -0.15) is 5.10 Å². The van der Waals surface area contributed by atoms with E-state index in [0.29, 0.717) is 71.3 Å². The number of anilines is 1.